The summed E-state index contributed by atoms with van der Waals surface area (Å²) in [5.41, 5.74) is 0.786. The summed E-state index contributed by atoms with van der Waals surface area (Å²) in [4.78, 5) is 10.5. The zero-order chi connectivity index (χ0) is 14.9. The molecule has 1 heterocycles. The molecule has 0 fully saturated rings. The van der Waals surface area contributed by atoms with E-state index in [2.05, 4.69) is 5.10 Å². The van der Waals surface area contributed by atoms with E-state index in [4.69, 9.17) is 11.6 Å². The Morgan fingerprint density at radius 1 is 1.50 bits per heavy atom. The van der Waals surface area contributed by atoms with Gasteiger partial charge in [0, 0.05) is 5.92 Å². The molecule has 0 N–H and O–H groups in total. The zero-order valence-corrected chi connectivity index (χ0v) is 11.8. The number of nitro groups is 1. The molecule has 106 valence electrons. The van der Waals surface area contributed by atoms with E-state index in [1.807, 2.05) is 0 Å². The van der Waals surface area contributed by atoms with Gasteiger partial charge in [-0.2, -0.15) is 5.10 Å². The number of aromatic nitrogens is 2. The summed E-state index contributed by atoms with van der Waals surface area (Å²) in [6.07, 6.45) is 0. The van der Waals surface area contributed by atoms with Crippen LogP contribution in [0.15, 0.2) is 24.3 Å². The first kappa shape index (κ1) is 14.5. The highest BCUT2D eigenvalue weighted by molar-refractivity contribution is 6.31. The summed E-state index contributed by atoms with van der Waals surface area (Å²) in [6, 6.07) is 5.96. The second-order valence-corrected chi connectivity index (χ2v) is 5.08. The van der Waals surface area contributed by atoms with Crippen molar-refractivity contribution in [2.24, 2.45) is 0 Å². The van der Waals surface area contributed by atoms with Gasteiger partial charge in [-0.25, -0.2) is 9.07 Å². The summed E-state index contributed by atoms with van der Waals surface area (Å²) in [6.45, 7) is 3.79. The first-order valence-corrected chi connectivity index (χ1v) is 6.43. The maximum atomic E-state index is 13.1. The molecule has 2 aromatic rings. The van der Waals surface area contributed by atoms with Crippen LogP contribution >= 0.6 is 11.6 Å². The molecule has 20 heavy (non-hydrogen) atoms. The van der Waals surface area contributed by atoms with E-state index in [-0.39, 0.29) is 29.1 Å². The van der Waals surface area contributed by atoms with Crippen molar-refractivity contribution in [1.82, 2.24) is 9.78 Å². The molecule has 0 saturated carbocycles. The topological polar surface area (TPSA) is 61.0 Å². The van der Waals surface area contributed by atoms with Crippen molar-refractivity contribution in [3.05, 3.63) is 56.6 Å². The molecule has 0 spiro atoms. The van der Waals surface area contributed by atoms with Crippen LogP contribution in [0.2, 0.25) is 5.15 Å². The summed E-state index contributed by atoms with van der Waals surface area (Å²) in [7, 11) is 0. The van der Waals surface area contributed by atoms with E-state index >= 15 is 0 Å². The molecule has 0 radical (unpaired) electrons. The maximum absolute atomic E-state index is 13.1. The standard InChI is InChI=1S/C13H13ClFN3O2/c1-8(2)11-12(18(19)20)13(14)17(16-11)7-9-4-3-5-10(15)6-9/h3-6,8H,7H2,1-2H3. The minimum atomic E-state index is -0.535. The average molecular weight is 298 g/mol. The van der Waals surface area contributed by atoms with Gasteiger partial charge in [-0.3, -0.25) is 10.1 Å². The number of hydrogen-bond acceptors (Lipinski definition) is 3. The van der Waals surface area contributed by atoms with E-state index in [1.165, 1.54) is 16.8 Å². The van der Waals surface area contributed by atoms with Crippen LogP contribution in [0.3, 0.4) is 0 Å². The van der Waals surface area contributed by atoms with E-state index < -0.39 is 4.92 Å². The molecule has 0 aliphatic rings. The third-order valence-electron chi connectivity index (χ3n) is 2.84. The van der Waals surface area contributed by atoms with Crippen LogP contribution in [0.25, 0.3) is 0 Å². The van der Waals surface area contributed by atoms with Crippen molar-refractivity contribution in [2.45, 2.75) is 26.3 Å². The molecule has 0 unspecified atom stereocenters. The molecule has 2 rings (SSSR count). The maximum Gasteiger partial charge on any atom is 0.329 e. The normalized spacial score (nSPS) is 11.1. The lowest BCUT2D eigenvalue weighted by molar-refractivity contribution is -0.385. The molecule has 0 saturated heterocycles. The predicted molar refractivity (Wildman–Crippen MR) is 73.5 cm³/mol. The van der Waals surface area contributed by atoms with Crippen LogP contribution < -0.4 is 0 Å². The Kier molecular flexibility index (Phi) is 4.04. The molecule has 5 nitrogen and oxygen atoms in total. The molecule has 1 aromatic heterocycles. The van der Waals surface area contributed by atoms with Gasteiger partial charge in [0.1, 0.15) is 11.5 Å². The Balaban J connectivity index is 2.43. The van der Waals surface area contributed by atoms with E-state index in [0.717, 1.165) is 0 Å². The summed E-state index contributed by atoms with van der Waals surface area (Å²) in [5, 5.41) is 15.2. The fourth-order valence-corrected chi connectivity index (χ4v) is 2.18. The van der Waals surface area contributed by atoms with Gasteiger partial charge in [0.15, 0.2) is 0 Å². The Hall–Kier alpha value is -1.95. The first-order valence-electron chi connectivity index (χ1n) is 6.05. The second kappa shape index (κ2) is 5.58. The third kappa shape index (κ3) is 2.80. The van der Waals surface area contributed by atoms with E-state index in [9.17, 15) is 14.5 Å². The van der Waals surface area contributed by atoms with Gasteiger partial charge < -0.3 is 0 Å². The monoisotopic (exact) mass is 297 g/mol. The highest BCUT2D eigenvalue weighted by Gasteiger charge is 2.28. The molecule has 7 heteroatoms. The third-order valence-corrected chi connectivity index (χ3v) is 3.22. The SMILES string of the molecule is CC(C)c1nn(Cc2cccc(F)c2)c(Cl)c1[N+](=O)[O-]. The van der Waals surface area contributed by atoms with Gasteiger partial charge in [-0.15, -0.1) is 0 Å². The molecular formula is C13H13ClFN3O2. The lowest BCUT2D eigenvalue weighted by atomic mass is 10.1. The lowest BCUT2D eigenvalue weighted by Gasteiger charge is -2.03. The average Bonchev–Trinajstić information content (AvgIpc) is 2.67. The quantitative estimate of drug-likeness (QED) is 0.637. The summed E-state index contributed by atoms with van der Waals surface area (Å²) >= 11 is 6.02. The molecular weight excluding hydrogens is 285 g/mol. The van der Waals surface area contributed by atoms with Crippen LogP contribution in [0.4, 0.5) is 10.1 Å². The van der Waals surface area contributed by atoms with Crippen molar-refractivity contribution < 1.29 is 9.31 Å². The van der Waals surface area contributed by atoms with Crippen molar-refractivity contribution in [2.75, 3.05) is 0 Å². The number of nitrogens with zero attached hydrogens (tertiary/aromatic N) is 3. The number of rotatable bonds is 4. The van der Waals surface area contributed by atoms with E-state index in [0.29, 0.717) is 11.3 Å². The van der Waals surface area contributed by atoms with Gasteiger partial charge >= 0.3 is 5.69 Å². The Bertz CT molecular complexity index is 655. The first-order chi connectivity index (χ1) is 9.40. The van der Waals surface area contributed by atoms with Gasteiger partial charge in [0.25, 0.3) is 0 Å². The van der Waals surface area contributed by atoms with Crippen LogP contribution in [-0.4, -0.2) is 14.7 Å². The predicted octanol–water partition coefficient (Wildman–Crippen LogP) is 3.76. The molecule has 0 atom stereocenters. The van der Waals surface area contributed by atoms with Crippen molar-refractivity contribution in [3.8, 4) is 0 Å². The molecule has 0 amide bonds. The molecule has 1 aromatic carbocycles. The Morgan fingerprint density at radius 2 is 2.20 bits per heavy atom. The smallest absolute Gasteiger partial charge is 0.258 e. The number of hydrogen-bond donors (Lipinski definition) is 0. The largest absolute Gasteiger partial charge is 0.329 e. The van der Waals surface area contributed by atoms with Crippen molar-refractivity contribution in [3.63, 3.8) is 0 Å². The summed E-state index contributed by atoms with van der Waals surface area (Å²) < 4.78 is 14.5. The van der Waals surface area contributed by atoms with E-state index in [1.54, 1.807) is 26.0 Å². The van der Waals surface area contributed by atoms with Crippen LogP contribution in [0.5, 0.6) is 0 Å². The molecule has 0 aliphatic heterocycles. The van der Waals surface area contributed by atoms with Gasteiger partial charge in [0.2, 0.25) is 5.15 Å². The van der Waals surface area contributed by atoms with Crippen LogP contribution in [-0.2, 0) is 6.54 Å². The molecule has 0 aliphatic carbocycles. The second-order valence-electron chi connectivity index (χ2n) is 4.72. The van der Waals surface area contributed by atoms with Crippen molar-refractivity contribution in [1.29, 1.82) is 0 Å². The van der Waals surface area contributed by atoms with Crippen LogP contribution in [0, 0.1) is 15.9 Å². The Morgan fingerprint density at radius 3 is 2.70 bits per heavy atom. The number of benzene rings is 1. The van der Waals surface area contributed by atoms with Crippen LogP contribution in [0.1, 0.15) is 31.0 Å². The fraction of sp³-hybridized carbons (Fsp3) is 0.308. The van der Waals surface area contributed by atoms with Gasteiger partial charge in [-0.05, 0) is 17.7 Å². The number of halogens is 2. The van der Waals surface area contributed by atoms with Gasteiger partial charge in [-0.1, -0.05) is 37.6 Å². The highest BCUT2D eigenvalue weighted by atomic mass is 35.5. The lowest BCUT2D eigenvalue weighted by Crippen LogP contribution is -2.03. The van der Waals surface area contributed by atoms with Gasteiger partial charge in [0.05, 0.1) is 11.5 Å². The molecule has 0 bridgehead atoms. The minimum absolute atomic E-state index is 0.0389. The fourth-order valence-electron chi connectivity index (χ4n) is 1.92. The highest BCUT2D eigenvalue weighted by Crippen LogP contribution is 2.33. The zero-order valence-electron chi connectivity index (χ0n) is 11.0. The minimum Gasteiger partial charge on any atom is -0.258 e. The van der Waals surface area contributed by atoms with Crippen molar-refractivity contribution >= 4 is 17.3 Å². The Labute approximate surface area is 120 Å². The summed E-state index contributed by atoms with van der Waals surface area (Å²) in [5.74, 6) is -0.494.